The van der Waals surface area contributed by atoms with Gasteiger partial charge in [-0.2, -0.15) is 0 Å². The molecule has 10 nitrogen and oxygen atoms in total. The van der Waals surface area contributed by atoms with Crippen molar-refractivity contribution in [3.8, 4) is 0 Å². The van der Waals surface area contributed by atoms with Crippen molar-refractivity contribution >= 4 is 19.8 Å². The molecule has 0 aliphatic rings. The Hall–Kier alpha value is -2.33. The van der Waals surface area contributed by atoms with E-state index in [0.717, 1.165) is 51.4 Å². The Labute approximate surface area is 334 Å². The predicted molar refractivity (Wildman–Crippen MR) is 226 cm³/mol. The van der Waals surface area contributed by atoms with Crippen molar-refractivity contribution in [1.82, 2.24) is 0 Å². The van der Waals surface area contributed by atoms with Crippen molar-refractivity contribution < 1.29 is 42.7 Å². The van der Waals surface area contributed by atoms with E-state index in [9.17, 15) is 19.0 Å². The number of carbonyl (C=O) groups is 2. The first-order valence-electron chi connectivity index (χ1n) is 21.3. The molecule has 0 aliphatic carbocycles. The Morgan fingerprint density at radius 2 is 1.02 bits per heavy atom. The number of hydrogen-bond donors (Lipinski definition) is 3. The van der Waals surface area contributed by atoms with Crippen LogP contribution < -0.4 is 5.73 Å². The minimum absolute atomic E-state index is 0.0376. The van der Waals surface area contributed by atoms with E-state index in [1.54, 1.807) is 0 Å². The van der Waals surface area contributed by atoms with Gasteiger partial charge in [-0.1, -0.05) is 177 Å². The zero-order chi connectivity index (χ0) is 40.5. The highest BCUT2D eigenvalue weighted by molar-refractivity contribution is 7.47. The van der Waals surface area contributed by atoms with Gasteiger partial charge in [0, 0.05) is 6.42 Å². The summed E-state index contributed by atoms with van der Waals surface area (Å²) in [5, 5.41) is 8.89. The number of nitrogens with two attached hydrogens (primary N) is 1. The maximum Gasteiger partial charge on any atom is 0.472 e. The standard InChI is InChI=1S/C44H78NO9P/c1-3-5-7-9-11-13-15-17-19-21-22-24-26-28-30-32-34-36-43(46)54-41(39-52-55(49,50)53-40-42(45)44(47)48)38-51-37-35-33-31-29-27-25-23-20-18-16-14-12-10-8-6-4-2/h6,8,12,14,18,20,25,27,31,33,41-42H,3-5,7,9-11,13,15-17,19,21-24,26,28-30,32,34-40,45H2,1-2H3,(H,47,48)(H,49,50)/b8-6-,14-12-,20-18-,27-25-,33-31-. The van der Waals surface area contributed by atoms with Crippen LogP contribution in [-0.2, 0) is 32.7 Å². The second-order valence-electron chi connectivity index (χ2n) is 14.1. The Kier molecular flexibility index (Phi) is 38.2. The Bertz CT molecular complexity index is 1100. The van der Waals surface area contributed by atoms with Crippen LogP contribution >= 0.6 is 7.82 Å². The lowest BCUT2D eigenvalue weighted by Crippen LogP contribution is -2.34. The van der Waals surface area contributed by atoms with E-state index in [2.05, 4.69) is 68.5 Å². The van der Waals surface area contributed by atoms with Crippen LogP contribution in [-0.4, -0.2) is 60.5 Å². The normalized spacial score (nSPS) is 14.5. The number of allylic oxidation sites excluding steroid dienone is 9. The van der Waals surface area contributed by atoms with E-state index in [1.165, 1.54) is 83.5 Å². The largest absolute Gasteiger partial charge is 0.480 e. The van der Waals surface area contributed by atoms with Crippen molar-refractivity contribution in [2.24, 2.45) is 5.73 Å². The van der Waals surface area contributed by atoms with Gasteiger partial charge in [0.1, 0.15) is 12.1 Å². The van der Waals surface area contributed by atoms with Crippen molar-refractivity contribution in [3.05, 3.63) is 60.8 Å². The molecule has 4 N–H and O–H groups in total. The summed E-state index contributed by atoms with van der Waals surface area (Å²) in [6.45, 7) is 3.55. The van der Waals surface area contributed by atoms with Gasteiger partial charge in [0.15, 0.2) is 0 Å². The first-order chi connectivity index (χ1) is 26.7. The number of carboxylic acids is 1. The minimum Gasteiger partial charge on any atom is -0.480 e. The molecule has 0 saturated carbocycles. The first kappa shape index (κ1) is 52.7. The lowest BCUT2D eigenvalue weighted by molar-refractivity contribution is -0.154. The number of unbranched alkanes of at least 4 members (excludes halogenated alkanes) is 16. The second-order valence-corrected chi connectivity index (χ2v) is 15.5. The van der Waals surface area contributed by atoms with Gasteiger partial charge in [0.05, 0.1) is 26.4 Å². The molecule has 11 heteroatoms. The number of carbonyl (C=O) groups excluding carboxylic acids is 1. The van der Waals surface area contributed by atoms with E-state index in [-0.39, 0.29) is 13.0 Å². The Morgan fingerprint density at radius 3 is 1.47 bits per heavy atom. The molecule has 0 aromatic heterocycles. The molecule has 3 atom stereocenters. The lowest BCUT2D eigenvalue weighted by atomic mass is 10.0. The lowest BCUT2D eigenvalue weighted by Gasteiger charge is -2.20. The molecule has 0 aromatic rings. The summed E-state index contributed by atoms with van der Waals surface area (Å²) in [5.74, 6) is -1.81. The molecule has 0 spiro atoms. The molecule has 3 unspecified atom stereocenters. The third-order valence-electron chi connectivity index (χ3n) is 8.83. The van der Waals surface area contributed by atoms with Gasteiger partial charge in [-0.3, -0.25) is 18.6 Å². The average Bonchev–Trinajstić information content (AvgIpc) is 3.16. The third kappa shape index (κ3) is 39.7. The van der Waals surface area contributed by atoms with E-state index in [0.29, 0.717) is 19.4 Å². The maximum absolute atomic E-state index is 12.6. The average molecular weight is 796 g/mol. The van der Waals surface area contributed by atoms with Gasteiger partial charge in [0.2, 0.25) is 0 Å². The molecular weight excluding hydrogens is 717 g/mol. The van der Waals surface area contributed by atoms with Crippen LogP contribution in [0.1, 0.15) is 168 Å². The van der Waals surface area contributed by atoms with Gasteiger partial charge in [-0.05, 0) is 44.9 Å². The number of hydrogen-bond acceptors (Lipinski definition) is 8. The molecule has 318 valence electrons. The van der Waals surface area contributed by atoms with Crippen LogP contribution in [0.5, 0.6) is 0 Å². The quantitative estimate of drug-likeness (QED) is 0.0236. The van der Waals surface area contributed by atoms with Crippen LogP contribution in [0.4, 0.5) is 0 Å². The molecule has 0 aromatic carbocycles. The highest BCUT2D eigenvalue weighted by Gasteiger charge is 2.27. The summed E-state index contributed by atoms with van der Waals surface area (Å²) < 4.78 is 33.2. The zero-order valence-electron chi connectivity index (χ0n) is 34.5. The fourth-order valence-electron chi connectivity index (χ4n) is 5.55. The van der Waals surface area contributed by atoms with Gasteiger partial charge in [0.25, 0.3) is 0 Å². The number of rotatable bonds is 40. The highest BCUT2D eigenvalue weighted by Crippen LogP contribution is 2.43. The SMILES string of the molecule is CC/C=C\C/C=C\C/C=C\C/C=C\C/C=C\CCOCC(COP(=O)(O)OCC(N)C(=O)O)OC(=O)CCCCCCCCCCCCCCCCCCC. The number of phosphoric acid groups is 1. The Balaban J connectivity index is 4.35. The second kappa shape index (κ2) is 39.9. The maximum atomic E-state index is 12.6. The number of aliphatic carboxylic acids is 1. The third-order valence-corrected chi connectivity index (χ3v) is 9.78. The van der Waals surface area contributed by atoms with Gasteiger partial charge >= 0.3 is 19.8 Å². The van der Waals surface area contributed by atoms with E-state index < -0.39 is 45.1 Å². The summed E-state index contributed by atoms with van der Waals surface area (Å²) >= 11 is 0. The van der Waals surface area contributed by atoms with Crippen LogP contribution in [0.15, 0.2) is 60.8 Å². The zero-order valence-corrected chi connectivity index (χ0v) is 35.4. The van der Waals surface area contributed by atoms with Crippen LogP contribution in [0.25, 0.3) is 0 Å². The van der Waals surface area contributed by atoms with Crippen molar-refractivity contribution in [3.63, 3.8) is 0 Å². The Morgan fingerprint density at radius 1 is 0.600 bits per heavy atom. The van der Waals surface area contributed by atoms with Gasteiger partial charge in [-0.25, -0.2) is 4.57 Å². The van der Waals surface area contributed by atoms with E-state index in [1.807, 2.05) is 6.08 Å². The fourth-order valence-corrected chi connectivity index (χ4v) is 6.33. The number of phosphoric ester groups is 1. The number of ether oxygens (including phenoxy) is 2. The molecule has 0 radical (unpaired) electrons. The summed E-state index contributed by atoms with van der Waals surface area (Å²) in [7, 11) is -4.63. The summed E-state index contributed by atoms with van der Waals surface area (Å²) in [5.41, 5.74) is 5.35. The van der Waals surface area contributed by atoms with E-state index in [4.69, 9.17) is 29.4 Å². The van der Waals surface area contributed by atoms with Crippen molar-refractivity contribution in [2.75, 3.05) is 26.4 Å². The molecule has 0 amide bonds. The number of esters is 1. The van der Waals surface area contributed by atoms with Crippen molar-refractivity contribution in [2.45, 2.75) is 180 Å². The smallest absolute Gasteiger partial charge is 0.472 e. The summed E-state index contributed by atoms with van der Waals surface area (Å²) in [4.78, 5) is 33.5. The highest BCUT2D eigenvalue weighted by atomic mass is 31.2. The molecule has 55 heavy (non-hydrogen) atoms. The monoisotopic (exact) mass is 796 g/mol. The molecule has 0 fully saturated rings. The molecule has 0 heterocycles. The van der Waals surface area contributed by atoms with E-state index >= 15 is 0 Å². The molecule has 0 rings (SSSR count). The molecule has 0 bridgehead atoms. The molecule has 0 saturated heterocycles. The molecular formula is C44H78NO9P. The topological polar surface area (TPSA) is 155 Å². The van der Waals surface area contributed by atoms with Crippen LogP contribution in [0, 0.1) is 0 Å². The molecule has 0 aliphatic heterocycles. The van der Waals surface area contributed by atoms with Crippen LogP contribution in [0.2, 0.25) is 0 Å². The van der Waals surface area contributed by atoms with Crippen LogP contribution in [0.3, 0.4) is 0 Å². The summed E-state index contributed by atoms with van der Waals surface area (Å²) in [6, 6.07) is -1.48. The first-order valence-corrected chi connectivity index (χ1v) is 22.8. The predicted octanol–water partition coefficient (Wildman–Crippen LogP) is 11.6. The summed E-state index contributed by atoms with van der Waals surface area (Å²) in [6.07, 6.45) is 47.3. The fraction of sp³-hybridized carbons (Fsp3) is 0.727. The number of carboxylic acid groups (broad SMARTS) is 1. The van der Waals surface area contributed by atoms with Gasteiger partial charge in [-0.15, -0.1) is 0 Å². The van der Waals surface area contributed by atoms with Gasteiger partial charge < -0.3 is 25.2 Å². The minimum atomic E-state index is -4.63. The van der Waals surface area contributed by atoms with Crippen molar-refractivity contribution in [1.29, 1.82) is 0 Å².